The number of carboxylic acid groups (broad SMARTS) is 1. The summed E-state index contributed by atoms with van der Waals surface area (Å²) in [6, 6.07) is 9.05. The highest BCUT2D eigenvalue weighted by atomic mass is 16.7. The molecule has 1 saturated heterocycles. The van der Waals surface area contributed by atoms with Crippen molar-refractivity contribution in [2.24, 2.45) is 0 Å². The predicted molar refractivity (Wildman–Crippen MR) is 142 cm³/mol. The average molecular weight is 591 g/mol. The smallest absolute Gasteiger partial charge is 0.308 e. The van der Waals surface area contributed by atoms with E-state index in [1.54, 1.807) is 19.1 Å². The van der Waals surface area contributed by atoms with E-state index in [2.05, 4.69) is 0 Å². The zero-order valence-corrected chi connectivity index (χ0v) is 23.2. The first-order valence-electron chi connectivity index (χ1n) is 13.3. The number of phenolic OH excluding ortho intramolecular Hbond substituents is 1. The highest BCUT2D eigenvalue weighted by molar-refractivity contribution is 6.03. The van der Waals surface area contributed by atoms with Crippen LogP contribution in [0.4, 0.5) is 0 Å². The summed E-state index contributed by atoms with van der Waals surface area (Å²) >= 11 is 0. The third kappa shape index (κ3) is 6.50. The molecule has 4 rings (SSSR count). The Morgan fingerprint density at radius 3 is 2.33 bits per heavy atom. The number of aliphatic hydroxyl groups excluding tert-OH is 3. The molecule has 13 nitrogen and oxygen atoms in total. The normalized spacial score (nSPS) is 26.9. The second-order valence-electron chi connectivity index (χ2n) is 10.8. The number of aromatic hydroxyl groups is 1. The maximum Gasteiger partial charge on any atom is 0.308 e. The topological polar surface area (TPSA) is 210 Å². The quantitative estimate of drug-likeness (QED) is 0.226. The minimum Gasteiger partial charge on any atom is -0.507 e. The molecule has 0 aromatic heterocycles. The Labute approximate surface area is 240 Å². The van der Waals surface area contributed by atoms with Crippen LogP contribution in [0.3, 0.4) is 0 Å². The van der Waals surface area contributed by atoms with Gasteiger partial charge in [-0.1, -0.05) is 30.3 Å². The lowest BCUT2D eigenvalue weighted by Crippen LogP contribution is -2.60. The average Bonchev–Trinajstić information content (AvgIpc) is 2.92. The van der Waals surface area contributed by atoms with E-state index in [1.807, 2.05) is 18.2 Å². The zero-order chi connectivity index (χ0) is 30.9. The molecule has 0 radical (unpaired) electrons. The fourth-order valence-corrected chi connectivity index (χ4v) is 5.06. The van der Waals surface area contributed by atoms with Crippen LogP contribution in [0.5, 0.6) is 17.2 Å². The Morgan fingerprint density at radius 1 is 1.02 bits per heavy atom. The monoisotopic (exact) mass is 590 g/mol. The first-order chi connectivity index (χ1) is 19.7. The first kappa shape index (κ1) is 31.2. The van der Waals surface area contributed by atoms with Crippen LogP contribution in [0, 0.1) is 13.8 Å². The van der Waals surface area contributed by atoms with Gasteiger partial charge < -0.3 is 49.6 Å². The van der Waals surface area contributed by atoms with E-state index in [-0.39, 0.29) is 40.6 Å². The maximum atomic E-state index is 13.0. The first-order valence-corrected chi connectivity index (χ1v) is 13.3. The molecule has 2 aromatic carbocycles. The molecule has 2 aliphatic rings. The van der Waals surface area contributed by atoms with E-state index in [4.69, 9.17) is 24.1 Å². The third-order valence-electron chi connectivity index (χ3n) is 7.29. The summed E-state index contributed by atoms with van der Waals surface area (Å²) in [5.74, 6) is -2.94. The number of Topliss-reactive ketones (excluding diaryl/α,β-unsaturated/α-hetero) is 1. The van der Waals surface area contributed by atoms with Crippen molar-refractivity contribution >= 4 is 17.7 Å². The van der Waals surface area contributed by atoms with Gasteiger partial charge in [-0.15, -0.1) is 0 Å². The highest BCUT2D eigenvalue weighted by Gasteiger charge is 2.46. The summed E-state index contributed by atoms with van der Waals surface area (Å²) in [6.07, 6.45) is -10.3. The molecule has 0 amide bonds. The van der Waals surface area contributed by atoms with Crippen molar-refractivity contribution in [1.29, 1.82) is 0 Å². The van der Waals surface area contributed by atoms with Gasteiger partial charge in [0.2, 0.25) is 6.29 Å². The highest BCUT2D eigenvalue weighted by Crippen LogP contribution is 2.48. The number of phenols is 1. The van der Waals surface area contributed by atoms with Crippen molar-refractivity contribution in [1.82, 2.24) is 0 Å². The number of aliphatic hydroxyl groups is 4. The number of carbonyl (C=O) groups is 3. The molecule has 6 N–H and O–H groups in total. The van der Waals surface area contributed by atoms with E-state index in [0.29, 0.717) is 5.56 Å². The molecule has 2 aromatic rings. The molecule has 228 valence electrons. The van der Waals surface area contributed by atoms with Crippen LogP contribution in [0.2, 0.25) is 0 Å². The number of hydrogen-bond acceptors (Lipinski definition) is 12. The molecule has 2 aliphatic heterocycles. The summed E-state index contributed by atoms with van der Waals surface area (Å²) in [7, 11) is 0. The van der Waals surface area contributed by atoms with Gasteiger partial charge in [-0.2, -0.15) is 0 Å². The molecule has 7 atom stereocenters. The number of benzene rings is 2. The van der Waals surface area contributed by atoms with Crippen molar-refractivity contribution in [3.63, 3.8) is 0 Å². The van der Waals surface area contributed by atoms with Crippen molar-refractivity contribution in [2.75, 3.05) is 6.61 Å². The van der Waals surface area contributed by atoms with Gasteiger partial charge >= 0.3 is 11.9 Å². The number of fused-ring (bicyclic) bond motifs is 1. The van der Waals surface area contributed by atoms with Gasteiger partial charge in [-0.25, -0.2) is 0 Å². The van der Waals surface area contributed by atoms with Crippen molar-refractivity contribution in [3.05, 3.63) is 52.6 Å². The lowest BCUT2D eigenvalue weighted by molar-refractivity contribution is -0.279. The number of rotatable bonds is 9. The number of carbonyl (C=O) groups excluding carboxylic acids is 2. The zero-order valence-electron chi connectivity index (χ0n) is 23.2. The molecule has 42 heavy (non-hydrogen) atoms. The minimum absolute atomic E-state index is 0.000800. The molecule has 1 fully saturated rings. The molecule has 0 spiro atoms. The summed E-state index contributed by atoms with van der Waals surface area (Å²) in [6.45, 7) is 3.59. The van der Waals surface area contributed by atoms with Crippen LogP contribution in [-0.4, -0.2) is 91.3 Å². The van der Waals surface area contributed by atoms with Gasteiger partial charge in [0.05, 0.1) is 24.9 Å². The molecular weight excluding hydrogens is 556 g/mol. The maximum absolute atomic E-state index is 13.0. The Morgan fingerprint density at radius 2 is 1.69 bits per heavy atom. The second-order valence-corrected chi connectivity index (χ2v) is 10.8. The van der Waals surface area contributed by atoms with Gasteiger partial charge in [0, 0.05) is 11.1 Å². The van der Waals surface area contributed by atoms with Crippen LogP contribution < -0.4 is 9.47 Å². The number of ether oxygens (including phenoxy) is 4. The third-order valence-corrected chi connectivity index (χ3v) is 7.29. The second kappa shape index (κ2) is 12.2. The Kier molecular flexibility index (Phi) is 9.09. The summed E-state index contributed by atoms with van der Waals surface area (Å²) in [5.41, 5.74) is -0.684. The molecule has 2 heterocycles. The Balaban J connectivity index is 1.54. The van der Waals surface area contributed by atoms with E-state index in [9.17, 15) is 39.9 Å². The van der Waals surface area contributed by atoms with Gasteiger partial charge in [0.1, 0.15) is 59.9 Å². The predicted octanol–water partition coefficient (Wildman–Crippen LogP) is 1.06. The van der Waals surface area contributed by atoms with Crippen LogP contribution in [0.15, 0.2) is 30.3 Å². The lowest BCUT2D eigenvalue weighted by Gasteiger charge is -2.40. The van der Waals surface area contributed by atoms with E-state index < -0.39 is 73.8 Å². The van der Waals surface area contributed by atoms with Crippen molar-refractivity contribution < 1.29 is 64.0 Å². The van der Waals surface area contributed by atoms with Crippen LogP contribution in [0.25, 0.3) is 0 Å². The van der Waals surface area contributed by atoms with E-state index in [1.165, 1.54) is 6.92 Å². The van der Waals surface area contributed by atoms with Crippen LogP contribution in [0.1, 0.15) is 59.3 Å². The van der Waals surface area contributed by atoms with Gasteiger partial charge in [0.15, 0.2) is 5.78 Å². The summed E-state index contributed by atoms with van der Waals surface area (Å²) in [5, 5.41) is 61.4. The number of ketones is 1. The Bertz CT molecular complexity index is 1340. The molecule has 2 unspecified atom stereocenters. The molecule has 0 aliphatic carbocycles. The molecule has 0 bridgehead atoms. The van der Waals surface area contributed by atoms with E-state index >= 15 is 0 Å². The largest absolute Gasteiger partial charge is 0.507 e. The minimum atomic E-state index is -1.89. The van der Waals surface area contributed by atoms with Gasteiger partial charge in [0.25, 0.3) is 0 Å². The van der Waals surface area contributed by atoms with Crippen molar-refractivity contribution in [2.45, 2.75) is 82.4 Å². The molecule has 0 saturated carbocycles. The number of carboxylic acids is 1. The van der Waals surface area contributed by atoms with E-state index in [0.717, 1.165) is 12.5 Å². The van der Waals surface area contributed by atoms with Gasteiger partial charge in [-0.3, -0.25) is 14.4 Å². The SMILES string of the molecule is Cc1c(O)c2c(c(C)c1O[C@@H]1O[C@H](COC(=O)CC(C)(O)CC(=O)O)[C@@H](O)[C@H](O)[C@H]1O)OC(c1ccccc1)CC2=O. The fourth-order valence-electron chi connectivity index (χ4n) is 5.06. The number of aliphatic carboxylic acids is 1. The Hall–Kier alpha value is -3.75. The van der Waals surface area contributed by atoms with Crippen molar-refractivity contribution in [3.8, 4) is 17.2 Å². The molecule has 13 heteroatoms. The lowest BCUT2D eigenvalue weighted by atomic mass is 9.91. The number of hydrogen-bond donors (Lipinski definition) is 6. The molecular formula is C29H34O13. The number of esters is 1. The standard InChI is InChI=1S/C29H34O13/c1-13-22(34)21-16(30)9-17(15-7-5-4-6-8-15)40-27(21)14(2)26(13)42-28-25(37)24(36)23(35)18(41-28)12-39-20(33)11-29(3,38)10-19(31)32/h4-8,17-18,23-25,28,34-38H,9-12H2,1-3H3,(H,31,32)/t17?,18-,23-,24+,25-,28+,29?/m1/s1. The fraction of sp³-hybridized carbons (Fsp3) is 0.483. The summed E-state index contributed by atoms with van der Waals surface area (Å²) in [4.78, 5) is 36.1. The summed E-state index contributed by atoms with van der Waals surface area (Å²) < 4.78 is 22.7. The van der Waals surface area contributed by atoms with Crippen LogP contribution >= 0.6 is 0 Å². The van der Waals surface area contributed by atoms with Gasteiger partial charge in [-0.05, 0) is 26.3 Å². The van der Waals surface area contributed by atoms with Crippen LogP contribution in [-0.2, 0) is 19.1 Å².